The van der Waals surface area contributed by atoms with Crippen molar-refractivity contribution in [3.05, 3.63) is 58.1 Å². The van der Waals surface area contributed by atoms with E-state index in [2.05, 4.69) is 15.9 Å². The average Bonchev–Trinajstić information content (AvgIpc) is 2.86. The number of anilines is 1. The average molecular weight is 573 g/mol. The van der Waals surface area contributed by atoms with Gasteiger partial charge in [-0.05, 0) is 74.9 Å². The Balaban J connectivity index is 1.42. The zero-order valence-corrected chi connectivity index (χ0v) is 23.4. The number of ether oxygens (including phenoxy) is 2. The summed E-state index contributed by atoms with van der Waals surface area (Å²) in [6.45, 7) is 7.46. The molecule has 2 fully saturated rings. The Labute approximate surface area is 226 Å². The molecule has 8 nitrogen and oxygen atoms in total. The molecule has 2 saturated heterocycles. The fourth-order valence-corrected chi connectivity index (χ4v) is 5.40. The van der Waals surface area contributed by atoms with Gasteiger partial charge in [0.05, 0.1) is 13.7 Å². The minimum absolute atomic E-state index is 0.176. The van der Waals surface area contributed by atoms with E-state index < -0.39 is 5.60 Å². The molecule has 198 valence electrons. The molecule has 2 aromatic carbocycles. The van der Waals surface area contributed by atoms with Crippen molar-refractivity contribution >= 4 is 39.6 Å². The second kappa shape index (κ2) is 11.1. The first-order chi connectivity index (χ1) is 17.6. The van der Waals surface area contributed by atoms with Gasteiger partial charge < -0.3 is 14.4 Å². The first kappa shape index (κ1) is 27.0. The van der Waals surface area contributed by atoms with Crippen molar-refractivity contribution in [1.29, 1.82) is 0 Å². The topological polar surface area (TPSA) is 79.4 Å². The third-order valence-corrected chi connectivity index (χ3v) is 7.38. The number of benzene rings is 2. The van der Waals surface area contributed by atoms with Crippen molar-refractivity contribution in [3.63, 3.8) is 0 Å². The van der Waals surface area contributed by atoms with Crippen LogP contribution in [0.15, 0.2) is 46.9 Å². The maximum Gasteiger partial charge on any atom is 0.410 e. The summed E-state index contributed by atoms with van der Waals surface area (Å²) in [5, 5.41) is 0. The minimum Gasteiger partial charge on any atom is -0.497 e. The summed E-state index contributed by atoms with van der Waals surface area (Å²) in [4.78, 5) is 43.0. The molecule has 0 aromatic heterocycles. The van der Waals surface area contributed by atoms with E-state index in [4.69, 9.17) is 9.47 Å². The third kappa shape index (κ3) is 6.44. The van der Waals surface area contributed by atoms with Crippen LogP contribution in [0.2, 0.25) is 0 Å². The molecule has 0 atom stereocenters. The number of likely N-dealkylation sites (tertiary alicyclic amines) is 1. The molecule has 2 aliphatic heterocycles. The first-order valence-corrected chi connectivity index (χ1v) is 13.4. The molecule has 0 aliphatic carbocycles. The molecule has 0 N–H and O–H groups in total. The Morgan fingerprint density at radius 3 is 2.30 bits per heavy atom. The zero-order chi connectivity index (χ0) is 26.7. The zero-order valence-electron chi connectivity index (χ0n) is 21.8. The Kier molecular flexibility index (Phi) is 8.11. The molecule has 9 heteroatoms. The summed E-state index contributed by atoms with van der Waals surface area (Å²) >= 11 is 3.71. The van der Waals surface area contributed by atoms with Crippen LogP contribution in [0.4, 0.5) is 15.3 Å². The number of nitrogens with zero attached hydrogens (tertiary/aromatic N) is 3. The van der Waals surface area contributed by atoms with Crippen molar-refractivity contribution < 1.29 is 23.9 Å². The highest BCUT2D eigenvalue weighted by Gasteiger charge is 2.34. The van der Waals surface area contributed by atoms with Gasteiger partial charge >= 0.3 is 12.1 Å². The number of amides is 4. The molecule has 2 aliphatic rings. The number of carbonyl (C=O) groups excluding carboxylic acids is 3. The van der Waals surface area contributed by atoms with Crippen LogP contribution in [0.5, 0.6) is 5.75 Å². The summed E-state index contributed by atoms with van der Waals surface area (Å²) in [6.07, 6.45) is 1.68. The number of carbonyl (C=O) groups is 3. The van der Waals surface area contributed by atoms with Gasteiger partial charge in [-0.15, -0.1) is 0 Å². The second-order valence-electron chi connectivity index (χ2n) is 10.5. The van der Waals surface area contributed by atoms with Crippen LogP contribution < -0.4 is 9.64 Å². The number of halogens is 1. The highest BCUT2D eigenvalue weighted by Crippen LogP contribution is 2.36. The third-order valence-electron chi connectivity index (χ3n) is 6.69. The van der Waals surface area contributed by atoms with Gasteiger partial charge in [-0.25, -0.2) is 9.59 Å². The van der Waals surface area contributed by atoms with E-state index in [1.807, 2.05) is 63.2 Å². The molecule has 2 heterocycles. The number of imide groups is 1. The van der Waals surface area contributed by atoms with Gasteiger partial charge in [0.1, 0.15) is 11.4 Å². The van der Waals surface area contributed by atoms with Gasteiger partial charge in [-0.1, -0.05) is 34.1 Å². The molecule has 4 rings (SSSR count). The highest BCUT2D eigenvalue weighted by molar-refractivity contribution is 9.10. The summed E-state index contributed by atoms with van der Waals surface area (Å²) in [5.41, 5.74) is 2.26. The number of rotatable bonds is 5. The lowest BCUT2D eigenvalue weighted by molar-refractivity contribution is -0.129. The lowest BCUT2D eigenvalue weighted by Gasteiger charge is -2.35. The quantitative estimate of drug-likeness (QED) is 0.444. The van der Waals surface area contributed by atoms with E-state index in [-0.39, 0.29) is 31.0 Å². The Hall–Kier alpha value is -3.07. The molecular weight excluding hydrogens is 538 g/mol. The van der Waals surface area contributed by atoms with Crippen LogP contribution in [0.1, 0.15) is 57.1 Å². The normalized spacial score (nSPS) is 17.3. The van der Waals surface area contributed by atoms with Crippen LogP contribution in [-0.4, -0.2) is 60.2 Å². The lowest BCUT2D eigenvalue weighted by atomic mass is 9.89. The maximum absolute atomic E-state index is 13.3. The van der Waals surface area contributed by atoms with Crippen molar-refractivity contribution in [2.45, 2.75) is 58.1 Å². The number of urea groups is 1. The molecule has 0 radical (unpaired) electrons. The maximum atomic E-state index is 13.3. The van der Waals surface area contributed by atoms with Crippen LogP contribution in [0, 0.1) is 0 Å². The fraction of sp³-hybridized carbons (Fsp3) is 0.464. The molecule has 4 amide bonds. The molecule has 37 heavy (non-hydrogen) atoms. The van der Waals surface area contributed by atoms with Crippen LogP contribution in [0.25, 0.3) is 0 Å². The van der Waals surface area contributed by atoms with Gasteiger partial charge in [-0.2, -0.15) is 0 Å². The Bertz CT molecular complexity index is 1150. The second-order valence-corrected chi connectivity index (χ2v) is 11.3. The van der Waals surface area contributed by atoms with Gasteiger partial charge in [-0.3, -0.25) is 14.6 Å². The molecule has 0 bridgehead atoms. The fourth-order valence-electron chi connectivity index (χ4n) is 4.71. The van der Waals surface area contributed by atoms with E-state index in [1.54, 1.807) is 16.9 Å². The predicted molar refractivity (Wildman–Crippen MR) is 145 cm³/mol. The van der Waals surface area contributed by atoms with Crippen LogP contribution in [0.3, 0.4) is 0 Å². The van der Waals surface area contributed by atoms with E-state index >= 15 is 0 Å². The number of hydrogen-bond acceptors (Lipinski definition) is 5. The number of methoxy groups -OCH3 is 1. The Morgan fingerprint density at radius 2 is 1.70 bits per heavy atom. The van der Waals surface area contributed by atoms with E-state index in [1.165, 1.54) is 4.90 Å². The first-order valence-electron chi connectivity index (χ1n) is 12.6. The Morgan fingerprint density at radius 1 is 1.03 bits per heavy atom. The SMILES string of the molecule is COc1ccc(CN2C(=O)CCN(c3ccc(C4CCN(C(=O)OC(C)(C)C)CC4)c(Br)c3)C2=O)cc1. The minimum atomic E-state index is -0.506. The molecular formula is C28H34BrN3O5. The monoisotopic (exact) mass is 571 g/mol. The number of piperidine rings is 1. The van der Waals surface area contributed by atoms with Crippen molar-refractivity contribution in [3.8, 4) is 5.75 Å². The molecule has 0 spiro atoms. The highest BCUT2D eigenvalue weighted by atomic mass is 79.9. The van der Waals surface area contributed by atoms with Gasteiger partial charge in [0.15, 0.2) is 0 Å². The van der Waals surface area contributed by atoms with E-state index in [9.17, 15) is 14.4 Å². The van der Waals surface area contributed by atoms with Crippen molar-refractivity contribution in [1.82, 2.24) is 9.80 Å². The van der Waals surface area contributed by atoms with E-state index in [0.29, 0.717) is 25.6 Å². The van der Waals surface area contributed by atoms with Crippen LogP contribution in [-0.2, 0) is 16.1 Å². The van der Waals surface area contributed by atoms with Crippen LogP contribution >= 0.6 is 15.9 Å². The van der Waals surface area contributed by atoms with Gasteiger partial charge in [0, 0.05) is 36.2 Å². The van der Waals surface area contributed by atoms with Gasteiger partial charge in [0.2, 0.25) is 5.91 Å². The molecule has 0 saturated carbocycles. The number of hydrogen-bond donors (Lipinski definition) is 0. The standard InChI is InChI=1S/C28H34BrN3O5/c1-28(2,3)37-27(35)30-14-11-20(12-15-30)23-10-7-21(17-24(23)29)31-16-13-25(33)32(26(31)34)18-19-5-8-22(36-4)9-6-19/h5-10,17,20H,11-16,18H2,1-4H3. The summed E-state index contributed by atoms with van der Waals surface area (Å²) in [6, 6.07) is 13.0. The molecule has 2 aromatic rings. The largest absolute Gasteiger partial charge is 0.497 e. The van der Waals surface area contributed by atoms with E-state index in [0.717, 1.165) is 39.9 Å². The summed E-state index contributed by atoms with van der Waals surface area (Å²) in [5.74, 6) is 0.846. The summed E-state index contributed by atoms with van der Waals surface area (Å²) < 4.78 is 11.6. The van der Waals surface area contributed by atoms with Crippen molar-refractivity contribution in [2.75, 3.05) is 31.6 Å². The summed E-state index contributed by atoms with van der Waals surface area (Å²) in [7, 11) is 1.60. The van der Waals surface area contributed by atoms with Gasteiger partial charge in [0.25, 0.3) is 0 Å². The molecule has 0 unspecified atom stereocenters. The van der Waals surface area contributed by atoms with Crippen molar-refractivity contribution in [2.24, 2.45) is 0 Å². The predicted octanol–water partition coefficient (Wildman–Crippen LogP) is 5.93. The lowest BCUT2D eigenvalue weighted by Crippen LogP contribution is -2.52. The smallest absolute Gasteiger partial charge is 0.410 e.